The number of esters is 1. The van der Waals surface area contributed by atoms with Gasteiger partial charge in [0.1, 0.15) is 6.10 Å². The summed E-state index contributed by atoms with van der Waals surface area (Å²) in [6.45, 7) is 6.51. The second-order valence-corrected chi connectivity index (χ2v) is 9.97. The van der Waals surface area contributed by atoms with Crippen LogP contribution in [0.4, 0.5) is 0 Å². The summed E-state index contributed by atoms with van der Waals surface area (Å²) in [6.07, 6.45) is 17.1. The summed E-state index contributed by atoms with van der Waals surface area (Å²) in [7, 11) is 0. The number of hydrogen-bond acceptors (Lipinski definition) is 3. The molecular formula is C24H32N2O2. The minimum atomic E-state index is -0.139. The first-order valence-electron chi connectivity index (χ1n) is 11.0. The van der Waals surface area contributed by atoms with Gasteiger partial charge in [-0.2, -0.15) is 5.10 Å². The number of nitrogens with zero attached hydrogens (tertiary/aromatic N) is 2. The molecule has 0 N–H and O–H groups in total. The molecule has 0 radical (unpaired) electrons. The lowest BCUT2D eigenvalue weighted by atomic mass is 9.48. The van der Waals surface area contributed by atoms with Gasteiger partial charge in [-0.25, -0.2) is 4.68 Å². The average molecular weight is 381 g/mol. The van der Waals surface area contributed by atoms with Gasteiger partial charge in [-0.3, -0.25) is 4.79 Å². The van der Waals surface area contributed by atoms with Gasteiger partial charge in [-0.1, -0.05) is 31.6 Å². The zero-order valence-corrected chi connectivity index (χ0v) is 17.4. The Kier molecular flexibility index (Phi) is 4.12. The fourth-order valence-electron chi connectivity index (χ4n) is 7.27. The molecule has 4 aliphatic carbocycles. The van der Waals surface area contributed by atoms with Crippen LogP contribution in [0.3, 0.4) is 0 Å². The largest absolute Gasteiger partial charge is 0.462 e. The maximum atomic E-state index is 11.4. The van der Waals surface area contributed by atoms with Gasteiger partial charge in [0.25, 0.3) is 0 Å². The maximum Gasteiger partial charge on any atom is 0.302 e. The minimum absolute atomic E-state index is 0.0850. The van der Waals surface area contributed by atoms with Crippen LogP contribution in [0.2, 0.25) is 0 Å². The Balaban J connectivity index is 1.41. The van der Waals surface area contributed by atoms with Crippen molar-refractivity contribution in [3.05, 3.63) is 36.2 Å². The normalized spacial score (nSPS) is 42.0. The Morgan fingerprint density at radius 2 is 1.96 bits per heavy atom. The van der Waals surface area contributed by atoms with Gasteiger partial charge in [-0.05, 0) is 67.8 Å². The van der Waals surface area contributed by atoms with Gasteiger partial charge in [-0.15, -0.1) is 0 Å². The SMILES string of the molecule is CC(=O)O[C@H]1CC[C@@]2(C)C(=CCC3C2CC[C@]2(C)C(n4cccn4)=CCC32)C1. The molecule has 0 saturated heterocycles. The van der Waals surface area contributed by atoms with Crippen molar-refractivity contribution in [3.8, 4) is 0 Å². The third-order valence-electron chi connectivity index (χ3n) is 8.68. The molecule has 0 amide bonds. The zero-order chi connectivity index (χ0) is 19.5. The highest BCUT2D eigenvalue weighted by atomic mass is 16.5. The second-order valence-electron chi connectivity index (χ2n) is 9.97. The molecule has 4 nitrogen and oxygen atoms in total. The average Bonchev–Trinajstić information content (AvgIpc) is 3.28. The van der Waals surface area contributed by atoms with Gasteiger partial charge in [0.15, 0.2) is 0 Å². The molecule has 2 saturated carbocycles. The van der Waals surface area contributed by atoms with Crippen LogP contribution in [-0.4, -0.2) is 21.9 Å². The van der Waals surface area contributed by atoms with E-state index in [0.29, 0.717) is 5.92 Å². The van der Waals surface area contributed by atoms with E-state index in [2.05, 4.69) is 42.0 Å². The predicted octanol–water partition coefficient (Wildman–Crippen LogP) is 5.23. The molecule has 150 valence electrons. The van der Waals surface area contributed by atoms with E-state index in [0.717, 1.165) is 31.1 Å². The van der Waals surface area contributed by atoms with Crippen LogP contribution in [0, 0.1) is 28.6 Å². The molecule has 1 heterocycles. The zero-order valence-electron chi connectivity index (χ0n) is 17.4. The van der Waals surface area contributed by atoms with E-state index < -0.39 is 0 Å². The van der Waals surface area contributed by atoms with Crippen molar-refractivity contribution in [1.82, 2.24) is 9.78 Å². The van der Waals surface area contributed by atoms with Crippen LogP contribution in [0.1, 0.15) is 65.7 Å². The molecule has 3 unspecified atom stereocenters. The summed E-state index contributed by atoms with van der Waals surface area (Å²) in [6, 6.07) is 2.03. The van der Waals surface area contributed by atoms with Crippen molar-refractivity contribution in [2.24, 2.45) is 28.6 Å². The lowest BCUT2D eigenvalue weighted by Crippen LogP contribution is -2.50. The lowest BCUT2D eigenvalue weighted by Gasteiger charge is -2.57. The molecular weight excluding hydrogens is 348 g/mol. The van der Waals surface area contributed by atoms with Crippen LogP contribution < -0.4 is 0 Å². The molecule has 1 aromatic heterocycles. The van der Waals surface area contributed by atoms with Crippen LogP contribution in [0.15, 0.2) is 36.2 Å². The van der Waals surface area contributed by atoms with Crippen LogP contribution in [-0.2, 0) is 9.53 Å². The van der Waals surface area contributed by atoms with E-state index in [9.17, 15) is 4.79 Å². The van der Waals surface area contributed by atoms with E-state index in [4.69, 9.17) is 4.74 Å². The number of hydrogen-bond donors (Lipinski definition) is 0. The topological polar surface area (TPSA) is 44.1 Å². The van der Waals surface area contributed by atoms with E-state index in [-0.39, 0.29) is 22.9 Å². The van der Waals surface area contributed by atoms with Crippen LogP contribution in [0.25, 0.3) is 5.70 Å². The molecule has 4 aliphatic rings. The Morgan fingerprint density at radius 3 is 2.71 bits per heavy atom. The summed E-state index contributed by atoms with van der Waals surface area (Å²) in [5.74, 6) is 2.09. The van der Waals surface area contributed by atoms with E-state index in [1.54, 1.807) is 5.57 Å². The number of fused-ring (bicyclic) bond motifs is 5. The maximum absolute atomic E-state index is 11.4. The number of aromatic nitrogens is 2. The molecule has 2 fully saturated rings. The summed E-state index contributed by atoms with van der Waals surface area (Å²) in [5.41, 5.74) is 3.51. The predicted molar refractivity (Wildman–Crippen MR) is 109 cm³/mol. The second kappa shape index (κ2) is 6.33. The Bertz CT molecular complexity index is 839. The fourth-order valence-corrected chi connectivity index (χ4v) is 7.27. The monoisotopic (exact) mass is 380 g/mol. The third kappa shape index (κ3) is 2.56. The Morgan fingerprint density at radius 1 is 1.14 bits per heavy atom. The molecule has 0 aliphatic heterocycles. The smallest absolute Gasteiger partial charge is 0.302 e. The molecule has 0 spiro atoms. The summed E-state index contributed by atoms with van der Waals surface area (Å²) in [4.78, 5) is 11.4. The van der Waals surface area contributed by atoms with Crippen molar-refractivity contribution >= 4 is 11.7 Å². The molecule has 0 aromatic carbocycles. The molecule has 28 heavy (non-hydrogen) atoms. The quantitative estimate of drug-likeness (QED) is 0.521. The van der Waals surface area contributed by atoms with E-state index >= 15 is 0 Å². The molecule has 4 heteroatoms. The third-order valence-corrected chi connectivity index (χ3v) is 8.68. The Hall–Kier alpha value is -1.84. The fraction of sp³-hybridized carbons (Fsp3) is 0.667. The van der Waals surface area contributed by atoms with Crippen molar-refractivity contribution in [3.63, 3.8) is 0 Å². The molecule has 0 bridgehead atoms. The Labute approximate surface area is 168 Å². The molecule has 6 atom stereocenters. The van der Waals surface area contributed by atoms with Crippen LogP contribution in [0.5, 0.6) is 0 Å². The van der Waals surface area contributed by atoms with Gasteiger partial charge >= 0.3 is 5.97 Å². The highest BCUT2D eigenvalue weighted by molar-refractivity contribution is 5.66. The first-order chi connectivity index (χ1) is 13.4. The number of allylic oxidation sites excluding steroid dienone is 3. The first kappa shape index (κ1) is 18.2. The first-order valence-corrected chi connectivity index (χ1v) is 11.0. The number of carbonyl (C=O) groups excluding carboxylic acids is 1. The van der Waals surface area contributed by atoms with Crippen molar-refractivity contribution in [1.29, 1.82) is 0 Å². The van der Waals surface area contributed by atoms with Gasteiger partial charge < -0.3 is 4.74 Å². The lowest BCUT2D eigenvalue weighted by molar-refractivity contribution is -0.148. The van der Waals surface area contributed by atoms with Crippen molar-refractivity contribution in [2.45, 2.75) is 71.8 Å². The van der Waals surface area contributed by atoms with Crippen LogP contribution >= 0.6 is 0 Å². The number of carbonyl (C=O) groups is 1. The number of rotatable bonds is 2. The standard InChI is InChI=1S/C24H32N2O2/c1-16(27)28-18-9-11-23(2)17(15-18)5-6-19-20-7-8-22(26-14-4-13-25-26)24(20,3)12-10-21(19)23/h4-5,8,13-14,18-21H,6-7,9-12,15H2,1-3H3/t18-,19?,20?,21?,23-,24-/m0/s1. The van der Waals surface area contributed by atoms with E-state index in [1.807, 2.05) is 12.3 Å². The number of ether oxygens (including phenoxy) is 1. The van der Waals surface area contributed by atoms with Gasteiger partial charge in [0.2, 0.25) is 0 Å². The molecule has 1 aromatic rings. The minimum Gasteiger partial charge on any atom is -0.462 e. The molecule has 5 rings (SSSR count). The summed E-state index contributed by atoms with van der Waals surface area (Å²) in [5, 5.41) is 4.54. The van der Waals surface area contributed by atoms with E-state index in [1.165, 1.54) is 38.3 Å². The van der Waals surface area contributed by atoms with Gasteiger partial charge in [0.05, 0.1) is 0 Å². The summed E-state index contributed by atoms with van der Waals surface area (Å²) >= 11 is 0. The highest BCUT2D eigenvalue weighted by Gasteiger charge is 2.57. The van der Waals surface area contributed by atoms with Crippen molar-refractivity contribution in [2.75, 3.05) is 0 Å². The highest BCUT2D eigenvalue weighted by Crippen LogP contribution is 2.65. The van der Waals surface area contributed by atoms with Crippen molar-refractivity contribution < 1.29 is 9.53 Å². The van der Waals surface area contributed by atoms with Gasteiger partial charge in [0, 0.05) is 36.9 Å². The summed E-state index contributed by atoms with van der Waals surface area (Å²) < 4.78 is 7.67.